The quantitative estimate of drug-likeness (QED) is 0.350. The first-order valence-electron chi connectivity index (χ1n) is 2.26. The lowest BCUT2D eigenvalue weighted by Crippen LogP contribution is -2.24. The van der Waals surface area contributed by atoms with Crippen LogP contribution in [0.1, 0.15) is 6.42 Å². The largest absolute Gasteiger partial charge is 0.300 e. The molecule has 0 spiro atoms. The lowest BCUT2D eigenvalue weighted by molar-refractivity contribution is 0.374. The Morgan fingerprint density at radius 2 is 2.57 bits per heavy atom. The van der Waals surface area contributed by atoms with Gasteiger partial charge in [0.05, 0.1) is 18.8 Å². The number of hydrazine groups is 1. The van der Waals surface area contributed by atoms with Crippen LogP contribution in [-0.4, -0.2) is 13.2 Å². The second-order valence-electron chi connectivity index (χ2n) is 1.29. The Morgan fingerprint density at radius 1 is 1.57 bits per heavy atom. The zero-order chi connectivity index (χ0) is 4.95. The minimum atomic E-state index is 0.838. The SMILES string of the molecule is C1CNNSOC1. The summed E-state index contributed by atoms with van der Waals surface area (Å²) in [6.07, 6.45) is 1.08. The number of hydrogen-bond acceptors (Lipinski definition) is 4. The molecule has 1 heterocycles. The Balaban J connectivity index is 2.04. The first-order chi connectivity index (χ1) is 3.50. The van der Waals surface area contributed by atoms with E-state index in [0.717, 1.165) is 19.6 Å². The van der Waals surface area contributed by atoms with Gasteiger partial charge in [0.1, 0.15) is 0 Å². The van der Waals surface area contributed by atoms with Crippen LogP contribution in [0.3, 0.4) is 0 Å². The van der Waals surface area contributed by atoms with Gasteiger partial charge in [-0.2, -0.15) is 4.83 Å². The third-order valence-electron chi connectivity index (χ3n) is 0.702. The molecule has 7 heavy (non-hydrogen) atoms. The highest BCUT2D eigenvalue weighted by molar-refractivity contribution is 7.92. The summed E-state index contributed by atoms with van der Waals surface area (Å²) in [6, 6.07) is 0. The molecule has 1 saturated heterocycles. The van der Waals surface area contributed by atoms with Crippen LogP contribution in [0.15, 0.2) is 0 Å². The molecule has 4 heteroatoms. The van der Waals surface area contributed by atoms with E-state index in [1.54, 1.807) is 0 Å². The normalized spacial score (nSPS) is 24.0. The molecule has 1 fully saturated rings. The van der Waals surface area contributed by atoms with E-state index >= 15 is 0 Å². The second-order valence-corrected chi connectivity index (χ2v) is 1.89. The van der Waals surface area contributed by atoms with Crippen molar-refractivity contribution >= 4 is 12.2 Å². The molecule has 3 nitrogen and oxygen atoms in total. The molecule has 1 rings (SSSR count). The molecule has 1 aliphatic heterocycles. The van der Waals surface area contributed by atoms with Crippen molar-refractivity contribution in [3.05, 3.63) is 0 Å². The molecule has 0 radical (unpaired) electrons. The van der Waals surface area contributed by atoms with E-state index in [0.29, 0.717) is 0 Å². The topological polar surface area (TPSA) is 33.3 Å². The molecular weight excluding hydrogens is 112 g/mol. The minimum absolute atomic E-state index is 0.838. The van der Waals surface area contributed by atoms with Crippen molar-refractivity contribution in [2.24, 2.45) is 0 Å². The zero-order valence-corrected chi connectivity index (χ0v) is 4.75. The van der Waals surface area contributed by atoms with Crippen LogP contribution >= 0.6 is 12.2 Å². The van der Waals surface area contributed by atoms with Gasteiger partial charge in [0.15, 0.2) is 0 Å². The van der Waals surface area contributed by atoms with Crippen LogP contribution in [0.25, 0.3) is 0 Å². The number of nitrogens with one attached hydrogen (secondary N) is 2. The molecule has 0 unspecified atom stereocenters. The molecule has 0 atom stereocenters. The average Bonchev–Trinajstić information content (AvgIpc) is 1.90. The maximum Gasteiger partial charge on any atom is 0.0943 e. The van der Waals surface area contributed by atoms with Crippen molar-refractivity contribution in [3.8, 4) is 0 Å². The Morgan fingerprint density at radius 3 is 3.57 bits per heavy atom. The van der Waals surface area contributed by atoms with Crippen LogP contribution < -0.4 is 10.3 Å². The summed E-state index contributed by atoms with van der Waals surface area (Å²) in [5.74, 6) is 0. The van der Waals surface area contributed by atoms with Gasteiger partial charge in [0.25, 0.3) is 0 Å². The maximum atomic E-state index is 4.94. The monoisotopic (exact) mass is 120 g/mol. The fourth-order valence-electron chi connectivity index (χ4n) is 0.371. The third-order valence-corrected chi connectivity index (χ3v) is 1.21. The molecular formula is C3H8N2OS. The molecule has 0 amide bonds. The highest BCUT2D eigenvalue weighted by Crippen LogP contribution is 1.97. The van der Waals surface area contributed by atoms with E-state index in [2.05, 4.69) is 10.3 Å². The lowest BCUT2D eigenvalue weighted by atomic mass is 10.5. The molecule has 0 aromatic rings. The molecule has 0 aliphatic carbocycles. The molecule has 0 bridgehead atoms. The van der Waals surface area contributed by atoms with Gasteiger partial charge in [-0.05, 0) is 6.42 Å². The van der Waals surface area contributed by atoms with Gasteiger partial charge < -0.3 is 4.18 Å². The molecule has 42 valence electrons. The summed E-state index contributed by atoms with van der Waals surface area (Å²) in [5.41, 5.74) is 2.94. The van der Waals surface area contributed by atoms with Crippen LogP contribution in [0.4, 0.5) is 0 Å². The minimum Gasteiger partial charge on any atom is -0.300 e. The van der Waals surface area contributed by atoms with Crippen molar-refractivity contribution in [2.75, 3.05) is 13.2 Å². The number of rotatable bonds is 0. The van der Waals surface area contributed by atoms with Gasteiger partial charge >= 0.3 is 0 Å². The van der Waals surface area contributed by atoms with Gasteiger partial charge in [-0.1, -0.05) is 0 Å². The van der Waals surface area contributed by atoms with Crippen molar-refractivity contribution in [1.82, 2.24) is 10.3 Å². The van der Waals surface area contributed by atoms with E-state index in [9.17, 15) is 0 Å². The molecule has 0 saturated carbocycles. The van der Waals surface area contributed by atoms with Crippen molar-refractivity contribution in [1.29, 1.82) is 0 Å². The summed E-state index contributed by atoms with van der Waals surface area (Å²) in [5, 5.41) is 0. The van der Waals surface area contributed by atoms with E-state index in [1.165, 1.54) is 12.2 Å². The predicted molar refractivity (Wildman–Crippen MR) is 29.3 cm³/mol. The lowest BCUT2D eigenvalue weighted by Gasteiger charge is -1.93. The van der Waals surface area contributed by atoms with Gasteiger partial charge in [-0.15, -0.1) is 0 Å². The second kappa shape index (κ2) is 3.26. The smallest absolute Gasteiger partial charge is 0.0943 e. The zero-order valence-electron chi connectivity index (χ0n) is 3.94. The van der Waals surface area contributed by atoms with E-state index in [4.69, 9.17) is 4.18 Å². The molecule has 0 aromatic heterocycles. The van der Waals surface area contributed by atoms with Crippen LogP contribution in [0, 0.1) is 0 Å². The van der Waals surface area contributed by atoms with E-state index in [1.807, 2.05) is 0 Å². The Bertz CT molecular complexity index is 32.5. The highest BCUT2D eigenvalue weighted by atomic mass is 32.2. The molecule has 0 aromatic carbocycles. The fraction of sp³-hybridized carbons (Fsp3) is 1.00. The highest BCUT2D eigenvalue weighted by Gasteiger charge is 1.93. The van der Waals surface area contributed by atoms with Gasteiger partial charge in [-0.25, -0.2) is 5.43 Å². The number of hydrogen-bond donors (Lipinski definition) is 2. The first-order valence-corrected chi connectivity index (χ1v) is 3.00. The summed E-state index contributed by atoms with van der Waals surface area (Å²) < 4.78 is 4.94. The van der Waals surface area contributed by atoms with Crippen molar-refractivity contribution in [3.63, 3.8) is 0 Å². The van der Waals surface area contributed by atoms with E-state index < -0.39 is 0 Å². The van der Waals surface area contributed by atoms with Crippen molar-refractivity contribution < 1.29 is 4.18 Å². The molecule has 1 aliphatic rings. The van der Waals surface area contributed by atoms with Crippen LogP contribution in [-0.2, 0) is 4.18 Å². The van der Waals surface area contributed by atoms with Crippen LogP contribution in [0.2, 0.25) is 0 Å². The van der Waals surface area contributed by atoms with Gasteiger partial charge in [-0.3, -0.25) is 0 Å². The Labute approximate surface area is 47.1 Å². The summed E-state index contributed by atoms with van der Waals surface area (Å²) in [4.78, 5) is 2.79. The average molecular weight is 120 g/mol. The Hall–Kier alpha value is 0.230. The van der Waals surface area contributed by atoms with Gasteiger partial charge in [0, 0.05) is 6.54 Å². The predicted octanol–water partition coefficient (Wildman–Crippen LogP) is 0.0641. The van der Waals surface area contributed by atoms with Gasteiger partial charge in [0.2, 0.25) is 0 Å². The van der Waals surface area contributed by atoms with Crippen LogP contribution in [0.5, 0.6) is 0 Å². The standard InChI is InChI=1S/C3H8N2OS/c1-2-4-5-7-6-3-1/h4-5H,1-3H2. The van der Waals surface area contributed by atoms with Crippen molar-refractivity contribution in [2.45, 2.75) is 6.42 Å². The molecule has 2 N–H and O–H groups in total. The summed E-state index contributed by atoms with van der Waals surface area (Å²) in [6.45, 7) is 1.83. The Kier molecular flexibility index (Phi) is 2.50. The summed E-state index contributed by atoms with van der Waals surface area (Å²) >= 11 is 1.25. The van der Waals surface area contributed by atoms with E-state index in [-0.39, 0.29) is 0 Å². The summed E-state index contributed by atoms with van der Waals surface area (Å²) in [7, 11) is 0. The first kappa shape index (κ1) is 5.37. The maximum absolute atomic E-state index is 4.94. The third kappa shape index (κ3) is 2.13. The fourth-order valence-corrected chi connectivity index (χ4v) is 0.792.